The molecule has 0 aliphatic carbocycles. The van der Waals surface area contributed by atoms with Crippen LogP contribution in [0.25, 0.3) is 0 Å². The molecule has 1 amide bonds. The van der Waals surface area contributed by atoms with Crippen LogP contribution in [0.1, 0.15) is 44.9 Å². The maximum atomic E-state index is 14.2. The van der Waals surface area contributed by atoms with Crippen LogP contribution in [0, 0.1) is 23.0 Å². The Kier molecular flexibility index (Phi) is 7.13. The molecule has 0 saturated carbocycles. The second-order valence-corrected chi connectivity index (χ2v) is 8.44. The molecule has 0 radical (unpaired) electrons. The van der Waals surface area contributed by atoms with Crippen LogP contribution < -0.4 is 9.47 Å². The SMILES string of the molecule is CC(C)(C)OC(=O)N1CCC(Oc2cc(COc3ccc(C#N)cc3F)ncc2F)CC1. The fraction of sp³-hybridized carbons (Fsp3) is 0.435. The molecule has 2 heterocycles. The first-order valence-corrected chi connectivity index (χ1v) is 10.3. The van der Waals surface area contributed by atoms with Crippen molar-refractivity contribution in [3.63, 3.8) is 0 Å². The van der Waals surface area contributed by atoms with E-state index in [2.05, 4.69) is 4.98 Å². The Balaban J connectivity index is 1.56. The summed E-state index contributed by atoms with van der Waals surface area (Å²) in [6, 6.07) is 7.13. The van der Waals surface area contributed by atoms with Gasteiger partial charge in [-0.15, -0.1) is 0 Å². The number of amides is 1. The summed E-state index contributed by atoms with van der Waals surface area (Å²) in [7, 11) is 0. The molecule has 1 saturated heterocycles. The van der Waals surface area contributed by atoms with Crippen molar-refractivity contribution in [2.45, 2.75) is 51.9 Å². The number of aromatic nitrogens is 1. The molecular formula is C23H25F2N3O4. The van der Waals surface area contributed by atoms with Crippen molar-refractivity contribution >= 4 is 6.09 Å². The maximum Gasteiger partial charge on any atom is 0.410 e. The number of piperidine rings is 1. The monoisotopic (exact) mass is 445 g/mol. The molecular weight excluding hydrogens is 420 g/mol. The number of carbonyl (C=O) groups is 1. The van der Waals surface area contributed by atoms with Gasteiger partial charge in [0.05, 0.1) is 23.5 Å². The lowest BCUT2D eigenvalue weighted by atomic mass is 10.1. The number of hydrogen-bond acceptors (Lipinski definition) is 6. The summed E-state index contributed by atoms with van der Waals surface area (Å²) >= 11 is 0. The van der Waals surface area contributed by atoms with Crippen LogP contribution in [0.4, 0.5) is 13.6 Å². The number of pyridine rings is 1. The Morgan fingerprint density at radius 1 is 1.19 bits per heavy atom. The van der Waals surface area contributed by atoms with Crippen LogP contribution in [0.5, 0.6) is 11.5 Å². The van der Waals surface area contributed by atoms with Crippen molar-refractivity contribution in [2.24, 2.45) is 0 Å². The average molecular weight is 445 g/mol. The summed E-state index contributed by atoms with van der Waals surface area (Å²) in [5.74, 6) is -1.30. The van der Waals surface area contributed by atoms with Crippen molar-refractivity contribution in [1.82, 2.24) is 9.88 Å². The van der Waals surface area contributed by atoms with Gasteiger partial charge in [0, 0.05) is 32.0 Å². The molecule has 1 aromatic heterocycles. The number of likely N-dealkylation sites (tertiary alicyclic amines) is 1. The highest BCUT2D eigenvalue weighted by molar-refractivity contribution is 5.68. The molecule has 1 aliphatic rings. The van der Waals surface area contributed by atoms with Gasteiger partial charge in [-0.1, -0.05) is 0 Å². The van der Waals surface area contributed by atoms with E-state index < -0.39 is 17.2 Å². The maximum absolute atomic E-state index is 14.2. The second kappa shape index (κ2) is 9.81. The molecule has 0 atom stereocenters. The Bertz CT molecular complexity index is 1010. The molecule has 3 rings (SSSR count). The predicted molar refractivity (Wildman–Crippen MR) is 111 cm³/mol. The third kappa shape index (κ3) is 6.30. The zero-order valence-electron chi connectivity index (χ0n) is 18.2. The van der Waals surface area contributed by atoms with E-state index in [9.17, 15) is 13.6 Å². The van der Waals surface area contributed by atoms with Crippen LogP contribution >= 0.6 is 0 Å². The fourth-order valence-electron chi connectivity index (χ4n) is 3.13. The van der Waals surface area contributed by atoms with Crippen LogP contribution in [-0.2, 0) is 11.3 Å². The zero-order valence-corrected chi connectivity index (χ0v) is 18.2. The standard InChI is InChI=1S/C23H25F2N3O4/c1-23(2,3)32-22(29)28-8-6-17(7-9-28)31-21-11-16(27-13-19(21)25)14-30-20-5-4-15(12-26)10-18(20)24/h4-5,10-11,13,17H,6-9,14H2,1-3H3. The van der Waals surface area contributed by atoms with Gasteiger partial charge in [-0.25, -0.2) is 13.6 Å². The van der Waals surface area contributed by atoms with E-state index >= 15 is 0 Å². The first-order chi connectivity index (χ1) is 15.1. The third-order valence-corrected chi connectivity index (χ3v) is 4.70. The second-order valence-electron chi connectivity index (χ2n) is 8.44. The van der Waals surface area contributed by atoms with E-state index in [-0.39, 0.29) is 35.9 Å². The number of nitriles is 1. The van der Waals surface area contributed by atoms with E-state index in [0.29, 0.717) is 31.6 Å². The smallest absolute Gasteiger partial charge is 0.410 e. The van der Waals surface area contributed by atoms with Crippen molar-refractivity contribution in [3.05, 3.63) is 53.4 Å². The fourth-order valence-corrected chi connectivity index (χ4v) is 3.13. The van der Waals surface area contributed by atoms with Crippen LogP contribution in [0.15, 0.2) is 30.5 Å². The zero-order chi connectivity index (χ0) is 23.3. The van der Waals surface area contributed by atoms with Gasteiger partial charge in [0.1, 0.15) is 18.3 Å². The third-order valence-electron chi connectivity index (χ3n) is 4.70. The summed E-state index contributed by atoms with van der Waals surface area (Å²) in [6.45, 7) is 6.22. The number of rotatable bonds is 5. The van der Waals surface area contributed by atoms with Gasteiger partial charge in [0.2, 0.25) is 0 Å². The van der Waals surface area contributed by atoms with Gasteiger partial charge in [-0.05, 0) is 39.0 Å². The lowest BCUT2D eigenvalue weighted by Gasteiger charge is -2.33. The first kappa shape index (κ1) is 23.3. The van der Waals surface area contributed by atoms with Crippen LogP contribution in [0.3, 0.4) is 0 Å². The highest BCUT2D eigenvalue weighted by Crippen LogP contribution is 2.25. The Morgan fingerprint density at radius 3 is 2.53 bits per heavy atom. The molecule has 1 aliphatic heterocycles. The molecule has 0 spiro atoms. The van der Waals surface area contributed by atoms with Crippen molar-refractivity contribution in [1.29, 1.82) is 5.26 Å². The number of benzene rings is 1. The van der Waals surface area contributed by atoms with E-state index in [0.717, 1.165) is 12.3 Å². The van der Waals surface area contributed by atoms with E-state index in [1.807, 2.05) is 26.8 Å². The minimum absolute atomic E-state index is 0.0228. The molecule has 9 heteroatoms. The van der Waals surface area contributed by atoms with Crippen LogP contribution in [0.2, 0.25) is 0 Å². The van der Waals surface area contributed by atoms with Gasteiger partial charge in [-0.3, -0.25) is 4.98 Å². The lowest BCUT2D eigenvalue weighted by molar-refractivity contribution is 0.0123. The van der Waals surface area contributed by atoms with Crippen molar-refractivity contribution in [3.8, 4) is 17.6 Å². The molecule has 32 heavy (non-hydrogen) atoms. The van der Waals surface area contributed by atoms with Gasteiger partial charge in [0.25, 0.3) is 0 Å². The molecule has 1 fully saturated rings. The molecule has 0 N–H and O–H groups in total. The summed E-state index contributed by atoms with van der Waals surface area (Å²) in [4.78, 5) is 17.7. The largest absolute Gasteiger partial charge is 0.487 e. The summed E-state index contributed by atoms with van der Waals surface area (Å²) in [5.41, 5.74) is -0.0245. The predicted octanol–water partition coefficient (Wildman–Crippen LogP) is 4.59. The molecule has 0 unspecified atom stereocenters. The molecule has 0 bridgehead atoms. The van der Waals surface area contributed by atoms with E-state index in [4.69, 9.17) is 19.5 Å². The summed E-state index contributed by atoms with van der Waals surface area (Å²) in [5, 5.41) is 8.80. The van der Waals surface area contributed by atoms with E-state index in [1.165, 1.54) is 18.2 Å². The highest BCUT2D eigenvalue weighted by atomic mass is 19.1. The Labute approximate surface area is 185 Å². The van der Waals surface area contributed by atoms with Crippen molar-refractivity contribution < 1.29 is 27.8 Å². The van der Waals surface area contributed by atoms with Gasteiger partial charge in [-0.2, -0.15) is 5.26 Å². The highest BCUT2D eigenvalue weighted by Gasteiger charge is 2.28. The molecule has 7 nitrogen and oxygen atoms in total. The number of nitrogens with zero attached hydrogens (tertiary/aromatic N) is 3. The molecule has 1 aromatic carbocycles. The average Bonchev–Trinajstić information content (AvgIpc) is 2.74. The minimum Gasteiger partial charge on any atom is -0.487 e. The number of carbonyl (C=O) groups excluding carboxylic acids is 1. The van der Waals surface area contributed by atoms with Gasteiger partial charge in [0.15, 0.2) is 23.1 Å². The number of ether oxygens (including phenoxy) is 3. The van der Waals surface area contributed by atoms with Gasteiger partial charge >= 0.3 is 6.09 Å². The Hall–Kier alpha value is -3.41. The van der Waals surface area contributed by atoms with E-state index in [1.54, 1.807) is 4.90 Å². The molecule has 2 aromatic rings. The lowest BCUT2D eigenvalue weighted by Crippen LogP contribution is -2.44. The Morgan fingerprint density at radius 2 is 1.91 bits per heavy atom. The summed E-state index contributed by atoms with van der Waals surface area (Å²) in [6.07, 6.45) is 1.45. The van der Waals surface area contributed by atoms with Gasteiger partial charge < -0.3 is 19.1 Å². The molecule has 170 valence electrons. The topological polar surface area (TPSA) is 84.7 Å². The normalized spacial score (nSPS) is 14.6. The quantitative estimate of drug-likeness (QED) is 0.669. The summed E-state index contributed by atoms with van der Waals surface area (Å²) < 4.78 is 44.8. The van der Waals surface area contributed by atoms with Crippen LogP contribution in [-0.4, -0.2) is 40.8 Å². The minimum atomic E-state index is -0.667. The number of halogens is 2. The van der Waals surface area contributed by atoms with Crippen molar-refractivity contribution in [2.75, 3.05) is 13.1 Å². The first-order valence-electron chi connectivity index (χ1n) is 10.3. The number of hydrogen-bond donors (Lipinski definition) is 0.